The normalized spacial score (nSPS) is 10.8. The van der Waals surface area contributed by atoms with E-state index in [9.17, 15) is 4.79 Å². The van der Waals surface area contributed by atoms with Crippen LogP contribution in [0.5, 0.6) is 0 Å². The van der Waals surface area contributed by atoms with Crippen molar-refractivity contribution < 1.29 is 14.1 Å². The summed E-state index contributed by atoms with van der Waals surface area (Å²) >= 11 is 0. The van der Waals surface area contributed by atoms with Gasteiger partial charge in [0.25, 0.3) is 0 Å². The van der Waals surface area contributed by atoms with Gasteiger partial charge >= 0.3 is 5.97 Å². The highest BCUT2D eigenvalue weighted by Gasteiger charge is 2.04. The van der Waals surface area contributed by atoms with Gasteiger partial charge in [-0.2, -0.15) is 0 Å². The van der Waals surface area contributed by atoms with Crippen molar-refractivity contribution in [2.75, 3.05) is 13.2 Å². The van der Waals surface area contributed by atoms with Crippen molar-refractivity contribution in [2.45, 2.75) is 6.92 Å². The Bertz CT molecular complexity index is 561. The fraction of sp³-hybridized carbons (Fsp3) is 0.214. The summed E-state index contributed by atoms with van der Waals surface area (Å²) in [5.74, 6) is 0.309. The number of aromatic nitrogens is 1. The molecule has 19 heavy (non-hydrogen) atoms. The standard InChI is InChI=1S/C14H14N2O3/c1-2-18-14(17)10-15-9-12-8-13(19-16-12)11-6-4-3-5-7-11/h3-9H,2,10H2,1H3. The average Bonchev–Trinajstić information content (AvgIpc) is 2.89. The van der Waals surface area contributed by atoms with Crippen molar-refractivity contribution in [3.63, 3.8) is 0 Å². The molecule has 0 saturated heterocycles. The summed E-state index contributed by atoms with van der Waals surface area (Å²) in [6.07, 6.45) is 1.49. The van der Waals surface area contributed by atoms with E-state index >= 15 is 0 Å². The largest absolute Gasteiger partial charge is 0.465 e. The Morgan fingerprint density at radius 1 is 1.42 bits per heavy atom. The first kappa shape index (κ1) is 13.0. The minimum Gasteiger partial charge on any atom is -0.465 e. The second kappa shape index (κ2) is 6.49. The van der Waals surface area contributed by atoms with Gasteiger partial charge in [-0.3, -0.25) is 9.79 Å². The van der Waals surface area contributed by atoms with Gasteiger partial charge in [-0.15, -0.1) is 0 Å². The van der Waals surface area contributed by atoms with Crippen molar-refractivity contribution in [3.8, 4) is 11.3 Å². The fourth-order valence-corrected chi connectivity index (χ4v) is 1.51. The number of ether oxygens (including phenoxy) is 1. The van der Waals surface area contributed by atoms with Crippen molar-refractivity contribution in [3.05, 3.63) is 42.1 Å². The molecule has 0 aliphatic rings. The highest BCUT2D eigenvalue weighted by molar-refractivity contribution is 5.81. The van der Waals surface area contributed by atoms with Crippen LogP contribution in [0.4, 0.5) is 0 Å². The Balaban J connectivity index is 1.98. The van der Waals surface area contributed by atoms with Crippen molar-refractivity contribution >= 4 is 12.2 Å². The van der Waals surface area contributed by atoms with E-state index < -0.39 is 0 Å². The molecule has 0 radical (unpaired) electrons. The molecule has 98 valence electrons. The van der Waals surface area contributed by atoms with E-state index in [0.29, 0.717) is 18.1 Å². The van der Waals surface area contributed by atoms with E-state index in [1.807, 2.05) is 30.3 Å². The van der Waals surface area contributed by atoms with Gasteiger partial charge in [0.2, 0.25) is 0 Å². The molecule has 0 atom stereocenters. The number of benzene rings is 1. The quantitative estimate of drug-likeness (QED) is 0.610. The Morgan fingerprint density at radius 3 is 2.95 bits per heavy atom. The molecular weight excluding hydrogens is 244 g/mol. The van der Waals surface area contributed by atoms with Gasteiger partial charge in [-0.1, -0.05) is 35.5 Å². The average molecular weight is 258 g/mol. The first-order chi connectivity index (χ1) is 9.29. The Hall–Kier alpha value is -2.43. The molecule has 0 bridgehead atoms. The summed E-state index contributed by atoms with van der Waals surface area (Å²) in [5.41, 5.74) is 1.52. The van der Waals surface area contributed by atoms with E-state index in [1.165, 1.54) is 6.21 Å². The smallest absolute Gasteiger partial charge is 0.327 e. The molecule has 1 aromatic carbocycles. The molecule has 0 aliphatic carbocycles. The van der Waals surface area contributed by atoms with Crippen molar-refractivity contribution in [2.24, 2.45) is 4.99 Å². The van der Waals surface area contributed by atoms with Crippen LogP contribution >= 0.6 is 0 Å². The zero-order chi connectivity index (χ0) is 13.5. The lowest BCUT2D eigenvalue weighted by molar-refractivity contribution is -0.141. The van der Waals surface area contributed by atoms with Gasteiger partial charge in [0.1, 0.15) is 12.2 Å². The lowest BCUT2D eigenvalue weighted by atomic mass is 10.2. The highest BCUT2D eigenvalue weighted by atomic mass is 16.5. The molecular formula is C14H14N2O3. The molecule has 2 rings (SSSR count). The number of rotatable bonds is 5. The predicted molar refractivity (Wildman–Crippen MR) is 71.0 cm³/mol. The second-order valence-corrected chi connectivity index (χ2v) is 3.76. The van der Waals surface area contributed by atoms with Crippen molar-refractivity contribution in [1.82, 2.24) is 5.16 Å². The molecule has 5 heteroatoms. The van der Waals surface area contributed by atoms with Crippen LogP contribution in [0.25, 0.3) is 11.3 Å². The first-order valence-corrected chi connectivity index (χ1v) is 5.97. The molecule has 0 amide bonds. The van der Waals surface area contributed by atoms with Crippen LogP contribution in [0.3, 0.4) is 0 Å². The summed E-state index contributed by atoms with van der Waals surface area (Å²) in [6.45, 7) is 2.10. The third-order valence-corrected chi connectivity index (χ3v) is 2.34. The number of aliphatic imine (C=N–C) groups is 1. The summed E-state index contributed by atoms with van der Waals surface area (Å²) < 4.78 is 9.96. The Morgan fingerprint density at radius 2 is 2.21 bits per heavy atom. The molecule has 5 nitrogen and oxygen atoms in total. The fourth-order valence-electron chi connectivity index (χ4n) is 1.51. The van der Waals surface area contributed by atoms with E-state index in [4.69, 9.17) is 9.26 Å². The topological polar surface area (TPSA) is 64.7 Å². The summed E-state index contributed by atoms with van der Waals surface area (Å²) in [5, 5.41) is 3.86. The van der Waals surface area contributed by atoms with E-state index in [-0.39, 0.29) is 12.5 Å². The van der Waals surface area contributed by atoms with Crippen LogP contribution in [-0.2, 0) is 9.53 Å². The maximum atomic E-state index is 11.1. The Labute approximate surface area is 110 Å². The maximum Gasteiger partial charge on any atom is 0.327 e. The molecule has 2 aromatic rings. The SMILES string of the molecule is CCOC(=O)CN=Cc1cc(-c2ccccc2)on1. The van der Waals surface area contributed by atoms with E-state index in [2.05, 4.69) is 10.1 Å². The number of nitrogens with zero attached hydrogens (tertiary/aromatic N) is 2. The van der Waals surface area contributed by atoms with Crippen LogP contribution < -0.4 is 0 Å². The van der Waals surface area contributed by atoms with Crippen LogP contribution in [0, 0.1) is 0 Å². The lowest BCUT2D eigenvalue weighted by Crippen LogP contribution is -2.07. The van der Waals surface area contributed by atoms with Crippen LogP contribution in [0.2, 0.25) is 0 Å². The molecule has 0 fully saturated rings. The number of esters is 1. The molecule has 0 aliphatic heterocycles. The first-order valence-electron chi connectivity index (χ1n) is 5.97. The van der Waals surface area contributed by atoms with Gasteiger partial charge in [0.15, 0.2) is 5.76 Å². The van der Waals surface area contributed by atoms with Gasteiger partial charge in [-0.25, -0.2) is 0 Å². The summed E-state index contributed by atoms with van der Waals surface area (Å²) in [4.78, 5) is 15.0. The van der Waals surface area contributed by atoms with Crippen LogP contribution in [-0.4, -0.2) is 30.5 Å². The molecule has 0 saturated carbocycles. The van der Waals surface area contributed by atoms with Gasteiger partial charge < -0.3 is 9.26 Å². The second-order valence-electron chi connectivity index (χ2n) is 3.76. The maximum absolute atomic E-state index is 11.1. The minimum absolute atomic E-state index is 0.0125. The third-order valence-electron chi connectivity index (χ3n) is 2.34. The summed E-state index contributed by atoms with van der Waals surface area (Å²) in [7, 11) is 0. The van der Waals surface area contributed by atoms with Gasteiger partial charge in [0.05, 0.1) is 12.8 Å². The van der Waals surface area contributed by atoms with Gasteiger partial charge in [0, 0.05) is 11.6 Å². The van der Waals surface area contributed by atoms with E-state index in [1.54, 1.807) is 13.0 Å². The monoisotopic (exact) mass is 258 g/mol. The third kappa shape index (κ3) is 3.77. The highest BCUT2D eigenvalue weighted by Crippen LogP contribution is 2.18. The number of hydrogen-bond donors (Lipinski definition) is 0. The number of carbonyl (C=O) groups is 1. The number of hydrogen-bond acceptors (Lipinski definition) is 5. The Kier molecular flexibility index (Phi) is 4.44. The summed E-state index contributed by atoms with van der Waals surface area (Å²) in [6, 6.07) is 11.4. The zero-order valence-electron chi connectivity index (χ0n) is 10.6. The van der Waals surface area contributed by atoms with Crippen LogP contribution in [0.15, 0.2) is 45.9 Å². The lowest BCUT2D eigenvalue weighted by Gasteiger charge is -1.95. The number of carbonyl (C=O) groups excluding carboxylic acids is 1. The predicted octanol–water partition coefficient (Wildman–Crippen LogP) is 2.32. The molecule has 0 spiro atoms. The van der Waals surface area contributed by atoms with Gasteiger partial charge in [-0.05, 0) is 6.92 Å². The van der Waals surface area contributed by atoms with Crippen LogP contribution in [0.1, 0.15) is 12.6 Å². The molecule has 0 unspecified atom stereocenters. The minimum atomic E-state index is -0.356. The molecule has 1 aromatic heterocycles. The molecule has 1 heterocycles. The van der Waals surface area contributed by atoms with Crippen molar-refractivity contribution in [1.29, 1.82) is 0 Å². The zero-order valence-corrected chi connectivity index (χ0v) is 10.6. The molecule has 0 N–H and O–H groups in total. The van der Waals surface area contributed by atoms with E-state index in [0.717, 1.165) is 5.56 Å².